The lowest BCUT2D eigenvalue weighted by atomic mass is 9.99. The lowest BCUT2D eigenvalue weighted by molar-refractivity contribution is -0.134. The number of benzene rings is 1. The van der Waals surface area contributed by atoms with Crippen molar-refractivity contribution in [3.05, 3.63) is 29.8 Å². The second-order valence-electron chi connectivity index (χ2n) is 5.96. The molecule has 2 rings (SSSR count). The van der Waals surface area contributed by atoms with Gasteiger partial charge in [0.2, 0.25) is 5.91 Å². The zero-order valence-corrected chi connectivity index (χ0v) is 15.0. The Balaban J connectivity index is 1.81. The van der Waals surface area contributed by atoms with Crippen LogP contribution in [0.3, 0.4) is 0 Å². The minimum Gasteiger partial charge on any atom is -0.354 e. The van der Waals surface area contributed by atoms with Gasteiger partial charge in [0.25, 0.3) is 5.91 Å². The Labute approximate surface area is 146 Å². The van der Waals surface area contributed by atoms with E-state index in [4.69, 9.17) is 0 Å². The number of hydrogen-bond acceptors (Lipinski definition) is 4. The first-order valence-electron chi connectivity index (χ1n) is 7.93. The maximum atomic E-state index is 12.2. The van der Waals surface area contributed by atoms with Crippen molar-refractivity contribution in [1.29, 1.82) is 0 Å². The molecule has 0 aromatic heterocycles. The van der Waals surface area contributed by atoms with Crippen LogP contribution in [-0.4, -0.2) is 47.6 Å². The molecule has 0 aliphatic carbocycles. The summed E-state index contributed by atoms with van der Waals surface area (Å²) in [4.78, 5) is 38.2. The van der Waals surface area contributed by atoms with Crippen molar-refractivity contribution in [3.8, 4) is 0 Å². The molecule has 1 aromatic rings. The van der Waals surface area contributed by atoms with E-state index in [2.05, 4.69) is 10.6 Å². The Morgan fingerprint density at radius 3 is 2.50 bits per heavy atom. The lowest BCUT2D eigenvalue weighted by Gasteiger charge is -2.19. The summed E-state index contributed by atoms with van der Waals surface area (Å²) in [7, 11) is 0. The van der Waals surface area contributed by atoms with Crippen molar-refractivity contribution in [2.24, 2.45) is 0 Å². The molecular formula is C17H23N3O3S. The zero-order valence-electron chi connectivity index (χ0n) is 14.2. The molecule has 1 aliphatic heterocycles. The number of amides is 4. The molecule has 1 unspecified atom stereocenters. The highest BCUT2D eigenvalue weighted by molar-refractivity contribution is 7.98. The van der Waals surface area contributed by atoms with Gasteiger partial charge in [-0.15, -0.1) is 11.8 Å². The van der Waals surface area contributed by atoms with Crippen molar-refractivity contribution in [3.63, 3.8) is 0 Å². The van der Waals surface area contributed by atoms with Crippen molar-refractivity contribution < 1.29 is 14.4 Å². The van der Waals surface area contributed by atoms with Crippen LogP contribution in [0, 0.1) is 0 Å². The van der Waals surface area contributed by atoms with Gasteiger partial charge in [-0.2, -0.15) is 0 Å². The summed E-state index contributed by atoms with van der Waals surface area (Å²) in [5.74, 6) is -0.683. The zero-order chi connectivity index (χ0) is 17.7. The number of thioether (sulfide) groups is 1. The van der Waals surface area contributed by atoms with Crippen molar-refractivity contribution in [2.45, 2.75) is 37.1 Å². The fraction of sp³-hybridized carbons (Fsp3) is 0.471. The second kappa shape index (κ2) is 7.70. The molecular weight excluding hydrogens is 326 g/mol. The molecule has 0 spiro atoms. The van der Waals surface area contributed by atoms with E-state index in [9.17, 15) is 14.4 Å². The predicted octanol–water partition coefficient (Wildman–Crippen LogP) is 1.79. The van der Waals surface area contributed by atoms with Crippen LogP contribution >= 0.6 is 11.8 Å². The van der Waals surface area contributed by atoms with Crippen molar-refractivity contribution in [1.82, 2.24) is 15.5 Å². The molecule has 1 aliphatic rings. The normalized spacial score (nSPS) is 20.2. The number of nitrogens with one attached hydrogen (secondary N) is 2. The van der Waals surface area contributed by atoms with Gasteiger partial charge in [0.15, 0.2) is 0 Å². The molecule has 0 saturated carbocycles. The summed E-state index contributed by atoms with van der Waals surface area (Å²) >= 11 is 1.68. The largest absolute Gasteiger partial charge is 0.354 e. The Kier molecular flexibility index (Phi) is 5.88. The minimum absolute atomic E-state index is 0.244. The average Bonchev–Trinajstić information content (AvgIpc) is 2.79. The standard InChI is InChI=1S/C17H23N3O3S/c1-4-17(2)15(22)20(16(23)19-17)11-14(21)18-10-9-12-5-7-13(24-3)8-6-12/h5-8H,4,9-11H2,1-3H3,(H,18,21)(H,19,23). The number of urea groups is 1. The van der Waals surface area contributed by atoms with Gasteiger partial charge in [0.05, 0.1) is 0 Å². The molecule has 7 heteroatoms. The Morgan fingerprint density at radius 1 is 1.29 bits per heavy atom. The van der Waals surface area contributed by atoms with E-state index in [1.807, 2.05) is 37.4 Å². The number of rotatable bonds is 7. The van der Waals surface area contributed by atoms with Crippen LogP contribution < -0.4 is 10.6 Å². The van der Waals surface area contributed by atoms with Crippen molar-refractivity contribution >= 4 is 29.6 Å². The molecule has 1 heterocycles. The van der Waals surface area contributed by atoms with Gasteiger partial charge in [-0.3, -0.25) is 14.5 Å². The van der Waals surface area contributed by atoms with Crippen LogP contribution in [0.2, 0.25) is 0 Å². The summed E-state index contributed by atoms with van der Waals surface area (Å²) < 4.78 is 0. The van der Waals surface area contributed by atoms with Crippen LogP contribution in [0.1, 0.15) is 25.8 Å². The van der Waals surface area contributed by atoms with Crippen LogP contribution in [0.25, 0.3) is 0 Å². The molecule has 0 radical (unpaired) electrons. The monoisotopic (exact) mass is 349 g/mol. The van der Waals surface area contributed by atoms with Crippen LogP contribution in [0.4, 0.5) is 4.79 Å². The summed E-state index contributed by atoms with van der Waals surface area (Å²) in [5, 5.41) is 5.39. The van der Waals surface area contributed by atoms with Gasteiger partial charge in [0, 0.05) is 11.4 Å². The van der Waals surface area contributed by atoms with Gasteiger partial charge < -0.3 is 10.6 Å². The average molecular weight is 349 g/mol. The third kappa shape index (κ3) is 4.08. The molecule has 2 N–H and O–H groups in total. The molecule has 6 nitrogen and oxygen atoms in total. The first kappa shape index (κ1) is 18.3. The number of nitrogens with zero attached hydrogens (tertiary/aromatic N) is 1. The summed E-state index contributed by atoms with van der Waals surface area (Å²) in [6.07, 6.45) is 3.21. The molecule has 130 valence electrons. The molecule has 1 atom stereocenters. The maximum Gasteiger partial charge on any atom is 0.325 e. The van der Waals surface area contributed by atoms with E-state index in [0.717, 1.165) is 10.5 Å². The van der Waals surface area contributed by atoms with E-state index >= 15 is 0 Å². The Morgan fingerprint density at radius 2 is 1.96 bits per heavy atom. The second-order valence-corrected chi connectivity index (χ2v) is 6.83. The van der Waals surface area contributed by atoms with Crippen LogP contribution in [-0.2, 0) is 16.0 Å². The first-order valence-corrected chi connectivity index (χ1v) is 9.16. The molecule has 4 amide bonds. The van der Waals surface area contributed by atoms with Gasteiger partial charge in [-0.25, -0.2) is 4.79 Å². The summed E-state index contributed by atoms with van der Waals surface area (Å²) in [6, 6.07) is 7.64. The van der Waals surface area contributed by atoms with Gasteiger partial charge in [-0.1, -0.05) is 19.1 Å². The Bertz CT molecular complexity index is 632. The highest BCUT2D eigenvalue weighted by Crippen LogP contribution is 2.20. The van der Waals surface area contributed by atoms with Gasteiger partial charge >= 0.3 is 6.03 Å². The highest BCUT2D eigenvalue weighted by atomic mass is 32.2. The van der Waals surface area contributed by atoms with E-state index in [0.29, 0.717) is 19.4 Å². The predicted molar refractivity (Wildman–Crippen MR) is 93.9 cm³/mol. The Hall–Kier alpha value is -2.02. The fourth-order valence-corrected chi connectivity index (χ4v) is 2.88. The van der Waals surface area contributed by atoms with Crippen molar-refractivity contribution in [2.75, 3.05) is 19.3 Å². The van der Waals surface area contributed by atoms with E-state index in [1.165, 1.54) is 4.90 Å². The third-order valence-electron chi connectivity index (χ3n) is 4.25. The lowest BCUT2D eigenvalue weighted by Crippen LogP contribution is -2.44. The first-order chi connectivity index (χ1) is 11.4. The van der Waals surface area contributed by atoms with Gasteiger partial charge in [-0.05, 0) is 43.7 Å². The number of hydrogen-bond donors (Lipinski definition) is 2. The molecule has 1 saturated heterocycles. The SMILES string of the molecule is CCC1(C)NC(=O)N(CC(=O)NCCc2ccc(SC)cc2)C1=O. The van der Waals surface area contributed by atoms with E-state index < -0.39 is 11.6 Å². The maximum absolute atomic E-state index is 12.2. The molecule has 1 aromatic carbocycles. The van der Waals surface area contributed by atoms with Gasteiger partial charge in [0.1, 0.15) is 12.1 Å². The fourth-order valence-electron chi connectivity index (χ4n) is 2.47. The summed E-state index contributed by atoms with van der Waals surface area (Å²) in [5.41, 5.74) is 0.220. The van der Waals surface area contributed by atoms with E-state index in [1.54, 1.807) is 18.7 Å². The number of imide groups is 1. The minimum atomic E-state index is -0.906. The number of carbonyl (C=O) groups is 3. The smallest absolute Gasteiger partial charge is 0.325 e. The molecule has 24 heavy (non-hydrogen) atoms. The van der Waals surface area contributed by atoms with E-state index in [-0.39, 0.29) is 18.4 Å². The quantitative estimate of drug-likeness (QED) is 0.581. The third-order valence-corrected chi connectivity index (χ3v) is 4.99. The molecule has 0 bridgehead atoms. The summed E-state index contributed by atoms with van der Waals surface area (Å²) in [6.45, 7) is 3.71. The highest BCUT2D eigenvalue weighted by Gasteiger charge is 2.46. The van der Waals surface area contributed by atoms with Crippen LogP contribution in [0.5, 0.6) is 0 Å². The molecule has 1 fully saturated rings. The topological polar surface area (TPSA) is 78.5 Å². The van der Waals surface area contributed by atoms with Crippen LogP contribution in [0.15, 0.2) is 29.2 Å². The number of carbonyl (C=O) groups excluding carboxylic acids is 3.